The summed E-state index contributed by atoms with van der Waals surface area (Å²) in [6.07, 6.45) is 0. The summed E-state index contributed by atoms with van der Waals surface area (Å²) >= 11 is 0. The number of carbonyl (C=O) groups is 1. The van der Waals surface area contributed by atoms with Crippen molar-refractivity contribution < 1.29 is 9.53 Å². The first-order chi connectivity index (χ1) is 6.92. The van der Waals surface area contributed by atoms with Crippen LogP contribution in [0.4, 0.5) is 5.69 Å². The van der Waals surface area contributed by atoms with Gasteiger partial charge in [0.05, 0.1) is 12.7 Å². The van der Waals surface area contributed by atoms with E-state index in [1.54, 1.807) is 12.1 Å². The highest BCUT2D eigenvalue weighted by Crippen LogP contribution is 2.14. The number of hydrogen-bond donors (Lipinski definition) is 1. The van der Waals surface area contributed by atoms with E-state index in [-0.39, 0.29) is 5.97 Å². The highest BCUT2D eigenvalue weighted by Gasteiger charge is 2.13. The van der Waals surface area contributed by atoms with Gasteiger partial charge in [-0.1, -0.05) is 19.6 Å². The van der Waals surface area contributed by atoms with Crippen molar-refractivity contribution in [1.82, 2.24) is 0 Å². The summed E-state index contributed by atoms with van der Waals surface area (Å²) in [5.41, 5.74) is 1.64. The molecule has 0 aliphatic rings. The molecule has 0 aliphatic carbocycles. The third kappa shape index (κ3) is 3.75. The molecule has 0 unspecified atom stereocenters. The third-order valence-electron chi connectivity index (χ3n) is 1.83. The minimum atomic E-state index is -1.32. The van der Waals surface area contributed by atoms with E-state index in [1.807, 2.05) is 12.1 Å². The predicted octanol–water partition coefficient (Wildman–Crippen LogP) is 2.72. The molecule has 3 nitrogen and oxygen atoms in total. The summed E-state index contributed by atoms with van der Waals surface area (Å²) < 4.78 is 4.63. The Labute approximate surface area is 91.5 Å². The molecule has 1 aromatic carbocycles. The van der Waals surface area contributed by atoms with Gasteiger partial charge in [-0.25, -0.2) is 4.79 Å². The van der Waals surface area contributed by atoms with E-state index < -0.39 is 8.24 Å². The summed E-state index contributed by atoms with van der Waals surface area (Å²) in [6, 6.07) is 7.36. The van der Waals surface area contributed by atoms with Crippen LogP contribution in [0, 0.1) is 0 Å². The number of esters is 1. The molecule has 0 spiro atoms. The Bertz CT molecular complexity index is 341. The fourth-order valence-corrected chi connectivity index (χ4v) is 2.27. The Morgan fingerprint density at radius 2 is 1.73 bits per heavy atom. The molecule has 0 atom stereocenters. The quantitative estimate of drug-likeness (QED) is 0.632. The zero-order chi connectivity index (χ0) is 11.5. The monoisotopic (exact) mass is 223 g/mol. The second-order valence-electron chi connectivity index (χ2n) is 4.44. The first kappa shape index (κ1) is 11.8. The van der Waals surface area contributed by atoms with Gasteiger partial charge in [0.1, 0.15) is 8.24 Å². The second-order valence-corrected chi connectivity index (χ2v) is 9.19. The molecule has 0 aliphatic heterocycles. The molecule has 1 rings (SSSR count). The van der Waals surface area contributed by atoms with Crippen LogP contribution in [0.15, 0.2) is 24.3 Å². The lowest BCUT2D eigenvalue weighted by Crippen LogP contribution is -2.32. The normalized spacial score (nSPS) is 10.9. The van der Waals surface area contributed by atoms with Crippen LogP contribution >= 0.6 is 0 Å². The topological polar surface area (TPSA) is 38.3 Å². The maximum absolute atomic E-state index is 11.2. The maximum atomic E-state index is 11.2. The van der Waals surface area contributed by atoms with Crippen molar-refractivity contribution in [3.05, 3.63) is 29.8 Å². The van der Waals surface area contributed by atoms with Crippen LogP contribution in [-0.4, -0.2) is 21.3 Å². The van der Waals surface area contributed by atoms with Crippen LogP contribution in [0.1, 0.15) is 10.4 Å². The van der Waals surface area contributed by atoms with Gasteiger partial charge in [0.15, 0.2) is 0 Å². The molecule has 0 bridgehead atoms. The maximum Gasteiger partial charge on any atom is 0.337 e. The second kappa shape index (κ2) is 4.48. The van der Waals surface area contributed by atoms with Gasteiger partial charge in [-0.05, 0) is 24.3 Å². The highest BCUT2D eigenvalue weighted by molar-refractivity contribution is 6.79. The molecular formula is C11H17NO2Si. The van der Waals surface area contributed by atoms with Crippen LogP contribution in [0.2, 0.25) is 19.6 Å². The Morgan fingerprint density at radius 3 is 2.13 bits per heavy atom. The number of anilines is 1. The van der Waals surface area contributed by atoms with E-state index in [9.17, 15) is 4.79 Å². The van der Waals surface area contributed by atoms with Crippen LogP contribution in [-0.2, 0) is 4.74 Å². The van der Waals surface area contributed by atoms with E-state index in [2.05, 4.69) is 29.4 Å². The number of ether oxygens (including phenoxy) is 1. The lowest BCUT2D eigenvalue weighted by molar-refractivity contribution is 0.0601. The zero-order valence-corrected chi connectivity index (χ0v) is 10.6. The van der Waals surface area contributed by atoms with E-state index >= 15 is 0 Å². The van der Waals surface area contributed by atoms with Gasteiger partial charge >= 0.3 is 5.97 Å². The van der Waals surface area contributed by atoms with Gasteiger partial charge in [0.2, 0.25) is 0 Å². The molecule has 0 saturated carbocycles. The first-order valence-corrected chi connectivity index (χ1v) is 8.39. The van der Waals surface area contributed by atoms with Crippen LogP contribution in [0.25, 0.3) is 0 Å². The van der Waals surface area contributed by atoms with Crippen LogP contribution in [0.5, 0.6) is 0 Å². The molecule has 15 heavy (non-hydrogen) atoms. The molecule has 0 radical (unpaired) electrons. The van der Waals surface area contributed by atoms with Crippen molar-refractivity contribution in [2.24, 2.45) is 0 Å². The number of hydrogen-bond acceptors (Lipinski definition) is 3. The molecule has 0 heterocycles. The van der Waals surface area contributed by atoms with Crippen molar-refractivity contribution in [2.75, 3.05) is 12.1 Å². The van der Waals surface area contributed by atoms with Crippen LogP contribution in [0.3, 0.4) is 0 Å². The Kier molecular flexibility index (Phi) is 3.52. The third-order valence-corrected chi connectivity index (χ3v) is 2.86. The van der Waals surface area contributed by atoms with Gasteiger partial charge in [-0.2, -0.15) is 0 Å². The lowest BCUT2D eigenvalue weighted by Gasteiger charge is -2.19. The summed E-state index contributed by atoms with van der Waals surface area (Å²) in [4.78, 5) is 14.6. The predicted molar refractivity (Wildman–Crippen MR) is 64.8 cm³/mol. The molecule has 82 valence electrons. The Hall–Kier alpha value is -1.29. The van der Waals surface area contributed by atoms with E-state index in [1.165, 1.54) is 7.11 Å². The number of benzene rings is 1. The SMILES string of the molecule is COC(=O)c1ccc(N[Si](C)(C)C)cc1. The number of methoxy groups -OCH3 is 1. The fraction of sp³-hybridized carbons (Fsp3) is 0.364. The minimum absolute atomic E-state index is 0.297. The average Bonchev–Trinajstić information content (AvgIpc) is 2.15. The zero-order valence-electron chi connectivity index (χ0n) is 9.63. The average molecular weight is 223 g/mol. The summed E-state index contributed by atoms with van der Waals surface area (Å²) in [5, 5.41) is 0. The van der Waals surface area contributed by atoms with Gasteiger partial charge in [-0.3, -0.25) is 0 Å². The molecule has 0 saturated heterocycles. The van der Waals surface area contributed by atoms with Crippen molar-refractivity contribution in [1.29, 1.82) is 0 Å². The molecule has 1 aromatic rings. The first-order valence-electron chi connectivity index (χ1n) is 4.89. The van der Waals surface area contributed by atoms with Gasteiger partial charge in [0.25, 0.3) is 0 Å². The summed E-state index contributed by atoms with van der Waals surface area (Å²) in [7, 11) is 0.0684. The minimum Gasteiger partial charge on any atom is -0.465 e. The highest BCUT2D eigenvalue weighted by atomic mass is 28.3. The molecule has 1 N–H and O–H groups in total. The largest absolute Gasteiger partial charge is 0.465 e. The van der Waals surface area contributed by atoms with Gasteiger partial charge in [-0.15, -0.1) is 0 Å². The van der Waals surface area contributed by atoms with Crippen molar-refractivity contribution in [3.63, 3.8) is 0 Å². The van der Waals surface area contributed by atoms with Crippen molar-refractivity contribution in [2.45, 2.75) is 19.6 Å². The van der Waals surface area contributed by atoms with E-state index in [0.717, 1.165) is 5.69 Å². The van der Waals surface area contributed by atoms with Gasteiger partial charge in [0, 0.05) is 5.69 Å². The smallest absolute Gasteiger partial charge is 0.337 e. The lowest BCUT2D eigenvalue weighted by atomic mass is 10.2. The van der Waals surface area contributed by atoms with Crippen molar-refractivity contribution in [3.8, 4) is 0 Å². The molecule has 4 heteroatoms. The Morgan fingerprint density at radius 1 is 1.20 bits per heavy atom. The number of carbonyl (C=O) groups excluding carboxylic acids is 1. The van der Waals surface area contributed by atoms with E-state index in [0.29, 0.717) is 5.56 Å². The van der Waals surface area contributed by atoms with Gasteiger partial charge < -0.3 is 9.72 Å². The molecule has 0 fully saturated rings. The molecular weight excluding hydrogens is 206 g/mol. The van der Waals surface area contributed by atoms with Crippen molar-refractivity contribution >= 4 is 19.9 Å². The number of nitrogens with one attached hydrogen (secondary N) is 1. The molecule has 0 amide bonds. The standard InChI is InChI=1S/C11H17NO2Si/c1-14-11(13)9-5-7-10(8-6-9)12-15(2,3)4/h5-8,12H,1-4H3. The Balaban J connectivity index is 2.77. The molecule has 0 aromatic heterocycles. The number of rotatable bonds is 3. The summed E-state index contributed by atoms with van der Waals surface area (Å²) in [6.45, 7) is 6.67. The fourth-order valence-electron chi connectivity index (χ4n) is 1.24. The summed E-state index contributed by atoms with van der Waals surface area (Å²) in [5.74, 6) is -0.297. The van der Waals surface area contributed by atoms with Crippen LogP contribution < -0.4 is 4.98 Å². The van der Waals surface area contributed by atoms with E-state index in [4.69, 9.17) is 0 Å².